The van der Waals surface area contributed by atoms with Gasteiger partial charge in [-0.1, -0.05) is 29.5 Å². The van der Waals surface area contributed by atoms with Crippen molar-refractivity contribution in [1.29, 1.82) is 0 Å². The molecule has 0 aliphatic carbocycles. The Morgan fingerprint density at radius 2 is 2.04 bits per heavy atom. The van der Waals surface area contributed by atoms with Gasteiger partial charge in [0, 0.05) is 6.08 Å². The fraction of sp³-hybridized carbons (Fsp3) is 0.150. The molecule has 0 amide bonds. The van der Waals surface area contributed by atoms with Crippen LogP contribution < -0.4 is 9.47 Å². The van der Waals surface area contributed by atoms with E-state index in [0.717, 1.165) is 17.3 Å². The number of carboxylic acid groups (broad SMARTS) is 1. The lowest BCUT2D eigenvalue weighted by Gasteiger charge is -2.10. The van der Waals surface area contributed by atoms with E-state index in [1.807, 2.05) is 37.4 Å². The Hall–Kier alpha value is -3.61. The predicted octanol–water partition coefficient (Wildman–Crippen LogP) is 3.26. The van der Waals surface area contributed by atoms with Crippen LogP contribution >= 0.6 is 0 Å². The van der Waals surface area contributed by atoms with E-state index in [2.05, 4.69) is 10.3 Å². The number of hydrogen-bond acceptors (Lipinski definition) is 5. The number of aryl methyl sites for hydroxylation is 1. The quantitative estimate of drug-likeness (QED) is 0.647. The second-order valence-corrected chi connectivity index (χ2v) is 5.81. The molecule has 0 aliphatic heterocycles. The molecule has 1 heterocycles. The van der Waals surface area contributed by atoms with Gasteiger partial charge in [-0.15, -0.1) is 5.10 Å². The maximum absolute atomic E-state index is 10.6. The Morgan fingerprint density at radius 1 is 1.22 bits per heavy atom. The SMILES string of the molecule is COc1cc(/C=C/C(=O)O)ccc1OCc1cn(-c2ccccc2C)nn1. The Labute approximate surface area is 156 Å². The standard InChI is InChI=1S/C20H19N3O4/c1-14-5-3-4-6-17(14)23-12-16(21-22-23)13-27-18-9-7-15(8-10-20(24)25)11-19(18)26-2/h3-12H,13H2,1-2H3,(H,24,25)/b10-8+. The van der Waals surface area contributed by atoms with Gasteiger partial charge < -0.3 is 14.6 Å². The topological polar surface area (TPSA) is 86.5 Å². The number of aromatic nitrogens is 3. The summed E-state index contributed by atoms with van der Waals surface area (Å²) < 4.78 is 12.8. The minimum atomic E-state index is -1.01. The highest BCUT2D eigenvalue weighted by molar-refractivity contribution is 5.85. The molecule has 27 heavy (non-hydrogen) atoms. The van der Waals surface area contributed by atoms with Crippen LogP contribution in [0.15, 0.2) is 54.7 Å². The molecule has 1 aromatic heterocycles. The zero-order valence-electron chi connectivity index (χ0n) is 15.0. The van der Waals surface area contributed by atoms with Gasteiger partial charge in [-0.3, -0.25) is 0 Å². The van der Waals surface area contributed by atoms with Crippen molar-refractivity contribution in [3.05, 3.63) is 71.6 Å². The van der Waals surface area contributed by atoms with E-state index in [1.54, 1.807) is 22.9 Å². The Bertz CT molecular complexity index is 979. The lowest BCUT2D eigenvalue weighted by Crippen LogP contribution is -1.98. The minimum absolute atomic E-state index is 0.229. The molecule has 0 saturated carbocycles. The molecular weight excluding hydrogens is 346 g/mol. The number of carbonyl (C=O) groups is 1. The fourth-order valence-corrected chi connectivity index (χ4v) is 2.53. The van der Waals surface area contributed by atoms with Gasteiger partial charge in [-0.2, -0.15) is 0 Å². The van der Waals surface area contributed by atoms with Gasteiger partial charge in [-0.25, -0.2) is 9.48 Å². The van der Waals surface area contributed by atoms with Gasteiger partial charge in [0.2, 0.25) is 0 Å². The molecule has 1 N–H and O–H groups in total. The summed E-state index contributed by atoms with van der Waals surface area (Å²) >= 11 is 0. The van der Waals surface area contributed by atoms with Gasteiger partial charge in [-0.05, 0) is 42.3 Å². The highest BCUT2D eigenvalue weighted by atomic mass is 16.5. The smallest absolute Gasteiger partial charge is 0.328 e. The Kier molecular flexibility index (Phi) is 5.51. The number of hydrogen-bond donors (Lipinski definition) is 1. The van der Waals surface area contributed by atoms with E-state index >= 15 is 0 Å². The monoisotopic (exact) mass is 365 g/mol. The summed E-state index contributed by atoms with van der Waals surface area (Å²) in [6.45, 7) is 2.24. The molecule has 0 unspecified atom stereocenters. The predicted molar refractivity (Wildman–Crippen MR) is 100 cm³/mol. The van der Waals surface area contributed by atoms with E-state index in [1.165, 1.54) is 13.2 Å². The number of benzene rings is 2. The number of ether oxygens (including phenoxy) is 2. The molecule has 0 fully saturated rings. The van der Waals surface area contributed by atoms with Crippen molar-refractivity contribution in [3.63, 3.8) is 0 Å². The molecule has 138 valence electrons. The number of carboxylic acids is 1. The molecule has 0 aliphatic rings. The van der Waals surface area contributed by atoms with Crippen LogP contribution in [0.4, 0.5) is 0 Å². The summed E-state index contributed by atoms with van der Waals surface area (Å²) in [5.41, 5.74) is 3.44. The summed E-state index contributed by atoms with van der Waals surface area (Å²) in [6, 6.07) is 13.1. The van der Waals surface area contributed by atoms with Gasteiger partial charge in [0.25, 0.3) is 0 Å². The zero-order chi connectivity index (χ0) is 19.2. The first-order chi connectivity index (χ1) is 13.1. The average molecular weight is 365 g/mol. The number of aliphatic carboxylic acids is 1. The summed E-state index contributed by atoms with van der Waals surface area (Å²) in [6.07, 6.45) is 4.38. The Balaban J connectivity index is 1.72. The van der Waals surface area contributed by atoms with Crippen molar-refractivity contribution in [2.75, 3.05) is 7.11 Å². The van der Waals surface area contributed by atoms with Crippen molar-refractivity contribution in [2.24, 2.45) is 0 Å². The molecule has 3 aromatic rings. The molecule has 3 rings (SSSR count). The number of para-hydroxylation sites is 1. The van der Waals surface area contributed by atoms with Gasteiger partial charge in [0.1, 0.15) is 12.3 Å². The third kappa shape index (κ3) is 4.52. The largest absolute Gasteiger partial charge is 0.493 e. The summed E-state index contributed by atoms with van der Waals surface area (Å²) in [5.74, 6) is 0.0373. The zero-order valence-corrected chi connectivity index (χ0v) is 15.0. The average Bonchev–Trinajstić information content (AvgIpc) is 3.14. The summed E-state index contributed by atoms with van der Waals surface area (Å²) in [5, 5.41) is 17.0. The van der Waals surface area contributed by atoms with Crippen molar-refractivity contribution >= 4 is 12.0 Å². The van der Waals surface area contributed by atoms with Crippen LogP contribution in [0.1, 0.15) is 16.8 Å². The maximum atomic E-state index is 10.6. The molecule has 0 saturated heterocycles. The second kappa shape index (κ2) is 8.18. The molecule has 7 heteroatoms. The van der Waals surface area contributed by atoms with Gasteiger partial charge in [0.15, 0.2) is 11.5 Å². The number of nitrogens with zero attached hydrogens (tertiary/aromatic N) is 3. The van der Waals surface area contributed by atoms with Crippen molar-refractivity contribution in [2.45, 2.75) is 13.5 Å². The molecule has 0 atom stereocenters. The third-order valence-corrected chi connectivity index (χ3v) is 3.88. The molecule has 2 aromatic carbocycles. The van der Waals surface area contributed by atoms with Crippen LogP contribution in [0.25, 0.3) is 11.8 Å². The highest BCUT2D eigenvalue weighted by Gasteiger charge is 2.09. The maximum Gasteiger partial charge on any atom is 0.328 e. The number of methoxy groups -OCH3 is 1. The lowest BCUT2D eigenvalue weighted by molar-refractivity contribution is -0.131. The molecule has 0 spiro atoms. The first-order valence-electron chi connectivity index (χ1n) is 8.26. The first-order valence-corrected chi connectivity index (χ1v) is 8.26. The summed E-state index contributed by atoms with van der Waals surface area (Å²) in [7, 11) is 1.53. The molecular formula is C20H19N3O4. The van der Waals surface area contributed by atoms with E-state index in [9.17, 15) is 4.79 Å². The van der Waals surface area contributed by atoms with Crippen LogP contribution in [0.5, 0.6) is 11.5 Å². The normalized spacial score (nSPS) is 10.9. The lowest BCUT2D eigenvalue weighted by atomic mass is 10.2. The fourth-order valence-electron chi connectivity index (χ4n) is 2.53. The summed E-state index contributed by atoms with van der Waals surface area (Å²) in [4.78, 5) is 10.6. The molecule has 0 radical (unpaired) electrons. The molecule has 7 nitrogen and oxygen atoms in total. The van der Waals surface area contributed by atoms with E-state index in [4.69, 9.17) is 14.6 Å². The van der Waals surface area contributed by atoms with Crippen LogP contribution in [-0.2, 0) is 11.4 Å². The van der Waals surface area contributed by atoms with Gasteiger partial charge in [0.05, 0.1) is 19.0 Å². The van der Waals surface area contributed by atoms with Gasteiger partial charge >= 0.3 is 5.97 Å². The van der Waals surface area contributed by atoms with E-state index < -0.39 is 5.97 Å². The second-order valence-electron chi connectivity index (χ2n) is 5.81. The first kappa shape index (κ1) is 18.2. The van der Waals surface area contributed by atoms with Crippen LogP contribution in [-0.4, -0.2) is 33.2 Å². The molecule has 0 bridgehead atoms. The van der Waals surface area contributed by atoms with Crippen molar-refractivity contribution in [1.82, 2.24) is 15.0 Å². The Morgan fingerprint density at radius 3 is 2.78 bits per heavy atom. The van der Waals surface area contributed by atoms with Crippen LogP contribution in [0.3, 0.4) is 0 Å². The van der Waals surface area contributed by atoms with Crippen molar-refractivity contribution in [3.8, 4) is 17.2 Å². The highest BCUT2D eigenvalue weighted by Crippen LogP contribution is 2.29. The third-order valence-electron chi connectivity index (χ3n) is 3.88. The van der Waals surface area contributed by atoms with E-state index in [0.29, 0.717) is 22.8 Å². The van der Waals surface area contributed by atoms with E-state index in [-0.39, 0.29) is 6.61 Å². The minimum Gasteiger partial charge on any atom is -0.493 e. The van der Waals surface area contributed by atoms with Crippen molar-refractivity contribution < 1.29 is 19.4 Å². The van der Waals surface area contributed by atoms with Crippen LogP contribution in [0.2, 0.25) is 0 Å². The number of rotatable bonds is 7. The van der Waals surface area contributed by atoms with Crippen LogP contribution in [0, 0.1) is 6.92 Å².